The number of thiazole rings is 1. The van der Waals surface area contributed by atoms with Gasteiger partial charge in [0.15, 0.2) is 5.13 Å². The summed E-state index contributed by atoms with van der Waals surface area (Å²) in [4.78, 5) is 27.4. The Morgan fingerprint density at radius 2 is 2.24 bits per heavy atom. The summed E-state index contributed by atoms with van der Waals surface area (Å²) in [5.74, 6) is 0.585. The second kappa shape index (κ2) is 7.53. The van der Waals surface area contributed by atoms with E-state index in [1.165, 1.54) is 18.3 Å². The molecular formula is C17H18BrN3O3S. The summed E-state index contributed by atoms with van der Waals surface area (Å²) in [6, 6.07) is 5.76. The largest absolute Gasteiger partial charge is 0.493 e. The summed E-state index contributed by atoms with van der Waals surface area (Å²) in [5, 5.41) is 8.18. The second-order valence-corrected chi connectivity index (χ2v) is 8.02. The number of rotatable bonds is 4. The van der Waals surface area contributed by atoms with Crippen molar-refractivity contribution < 1.29 is 14.3 Å². The molecule has 2 N–H and O–H groups in total. The number of carbonyl (C=O) groups is 2. The number of hydrogen-bond donors (Lipinski definition) is 2. The zero-order valence-electron chi connectivity index (χ0n) is 13.8. The number of halogens is 1. The van der Waals surface area contributed by atoms with Crippen LogP contribution in [0.3, 0.4) is 0 Å². The molecule has 2 aromatic rings. The third-order valence-corrected chi connectivity index (χ3v) is 4.99. The molecule has 0 saturated carbocycles. The van der Waals surface area contributed by atoms with Crippen molar-refractivity contribution >= 4 is 44.2 Å². The number of carbonyl (C=O) groups excluding carboxylic acids is 2. The monoisotopic (exact) mass is 423 g/mol. The summed E-state index contributed by atoms with van der Waals surface area (Å²) in [6.45, 7) is 3.85. The fourth-order valence-corrected chi connectivity index (χ4v) is 3.45. The van der Waals surface area contributed by atoms with Crippen LogP contribution in [0.5, 0.6) is 5.75 Å². The van der Waals surface area contributed by atoms with E-state index >= 15 is 0 Å². The Morgan fingerprint density at radius 3 is 2.96 bits per heavy atom. The molecule has 2 unspecified atom stereocenters. The minimum atomic E-state index is -0.279. The van der Waals surface area contributed by atoms with E-state index in [0.29, 0.717) is 11.7 Å². The quantitative estimate of drug-likeness (QED) is 0.737. The van der Waals surface area contributed by atoms with Crippen LogP contribution in [0.1, 0.15) is 31.9 Å². The Hall–Kier alpha value is -1.93. The van der Waals surface area contributed by atoms with Crippen LogP contribution in [0, 0.1) is 0 Å². The summed E-state index contributed by atoms with van der Waals surface area (Å²) >= 11 is 4.61. The van der Waals surface area contributed by atoms with Gasteiger partial charge in [0.25, 0.3) is 0 Å². The molecule has 0 radical (unpaired) electrons. The molecule has 6 nitrogen and oxygen atoms in total. The molecule has 1 aliphatic heterocycles. The van der Waals surface area contributed by atoms with Crippen molar-refractivity contribution in [3.8, 4) is 17.0 Å². The number of benzene rings is 1. The summed E-state index contributed by atoms with van der Waals surface area (Å²) < 4.78 is 5.68. The molecule has 0 saturated heterocycles. The average molecular weight is 424 g/mol. The van der Waals surface area contributed by atoms with Crippen LogP contribution in [-0.2, 0) is 9.59 Å². The van der Waals surface area contributed by atoms with Gasteiger partial charge in [0.1, 0.15) is 5.75 Å². The molecule has 0 fully saturated rings. The Balaban J connectivity index is 1.85. The van der Waals surface area contributed by atoms with Gasteiger partial charge >= 0.3 is 0 Å². The normalized spacial score (nSPS) is 17.2. The van der Waals surface area contributed by atoms with Crippen molar-refractivity contribution in [3.05, 3.63) is 29.1 Å². The SMILES string of the molecule is CC(=O)NC1CCOc2ccc(-c3csc(NC(=O)C(C)Br)n3)cc21. The van der Waals surface area contributed by atoms with Crippen molar-refractivity contribution in [2.75, 3.05) is 11.9 Å². The van der Waals surface area contributed by atoms with Gasteiger partial charge in [-0.15, -0.1) is 11.3 Å². The van der Waals surface area contributed by atoms with Crippen LogP contribution in [0.2, 0.25) is 0 Å². The van der Waals surface area contributed by atoms with Gasteiger partial charge in [0.05, 0.1) is 23.2 Å². The predicted molar refractivity (Wildman–Crippen MR) is 101 cm³/mol. The van der Waals surface area contributed by atoms with Crippen molar-refractivity contribution in [2.45, 2.75) is 31.1 Å². The van der Waals surface area contributed by atoms with Crippen molar-refractivity contribution in [2.24, 2.45) is 0 Å². The van der Waals surface area contributed by atoms with E-state index in [1.807, 2.05) is 23.6 Å². The van der Waals surface area contributed by atoms with Gasteiger partial charge in [0.2, 0.25) is 11.8 Å². The topological polar surface area (TPSA) is 80.3 Å². The Kier molecular flexibility index (Phi) is 5.39. The lowest BCUT2D eigenvalue weighted by molar-refractivity contribution is -0.120. The zero-order valence-corrected chi connectivity index (χ0v) is 16.2. The van der Waals surface area contributed by atoms with E-state index in [-0.39, 0.29) is 22.7 Å². The molecule has 2 amide bonds. The first kappa shape index (κ1) is 17.9. The molecule has 2 atom stereocenters. The minimum absolute atomic E-state index is 0.0618. The zero-order chi connectivity index (χ0) is 18.0. The number of alkyl halides is 1. The number of anilines is 1. The number of aromatic nitrogens is 1. The third kappa shape index (κ3) is 4.19. The molecule has 1 aromatic heterocycles. The van der Waals surface area contributed by atoms with Crippen LogP contribution < -0.4 is 15.4 Å². The molecule has 1 aliphatic rings. The van der Waals surface area contributed by atoms with Crippen LogP contribution >= 0.6 is 27.3 Å². The highest BCUT2D eigenvalue weighted by Gasteiger charge is 2.23. The molecule has 3 rings (SSSR count). The van der Waals surface area contributed by atoms with Crippen molar-refractivity contribution in [1.82, 2.24) is 10.3 Å². The summed E-state index contributed by atoms with van der Waals surface area (Å²) in [6.07, 6.45) is 0.734. The maximum Gasteiger partial charge on any atom is 0.239 e. The van der Waals surface area contributed by atoms with E-state index in [0.717, 1.165) is 29.0 Å². The molecular weight excluding hydrogens is 406 g/mol. The van der Waals surface area contributed by atoms with Crippen molar-refractivity contribution in [3.63, 3.8) is 0 Å². The molecule has 1 aromatic carbocycles. The maximum atomic E-state index is 11.7. The van der Waals surface area contributed by atoms with Gasteiger partial charge in [-0.05, 0) is 25.1 Å². The number of hydrogen-bond acceptors (Lipinski definition) is 5. The van der Waals surface area contributed by atoms with E-state index in [9.17, 15) is 9.59 Å². The number of nitrogens with zero attached hydrogens (tertiary/aromatic N) is 1. The summed E-state index contributed by atoms with van der Waals surface area (Å²) in [7, 11) is 0. The molecule has 2 heterocycles. The van der Waals surface area contributed by atoms with Gasteiger partial charge in [0, 0.05) is 29.9 Å². The van der Waals surface area contributed by atoms with Crippen LogP contribution in [0.25, 0.3) is 11.3 Å². The van der Waals surface area contributed by atoms with Crippen molar-refractivity contribution in [1.29, 1.82) is 0 Å². The van der Waals surface area contributed by atoms with Gasteiger partial charge in [-0.3, -0.25) is 9.59 Å². The number of amides is 2. The van der Waals surface area contributed by atoms with Gasteiger partial charge in [-0.1, -0.05) is 15.9 Å². The molecule has 0 aliphatic carbocycles. The minimum Gasteiger partial charge on any atom is -0.493 e. The Morgan fingerprint density at radius 1 is 1.44 bits per heavy atom. The third-order valence-electron chi connectivity index (χ3n) is 3.82. The first-order chi connectivity index (χ1) is 11.9. The van der Waals surface area contributed by atoms with Crippen LogP contribution in [-0.4, -0.2) is 28.2 Å². The molecule has 132 valence electrons. The smallest absolute Gasteiger partial charge is 0.239 e. The molecule has 25 heavy (non-hydrogen) atoms. The van der Waals surface area contributed by atoms with Gasteiger partial charge in [-0.25, -0.2) is 4.98 Å². The highest BCUT2D eigenvalue weighted by molar-refractivity contribution is 9.10. The van der Waals surface area contributed by atoms with Gasteiger partial charge in [-0.2, -0.15) is 0 Å². The predicted octanol–water partition coefficient (Wildman–Crippen LogP) is 3.49. The van der Waals surface area contributed by atoms with Gasteiger partial charge < -0.3 is 15.4 Å². The second-order valence-electron chi connectivity index (χ2n) is 5.79. The maximum absolute atomic E-state index is 11.7. The fraction of sp³-hybridized carbons (Fsp3) is 0.353. The van der Waals surface area contributed by atoms with Crippen LogP contribution in [0.15, 0.2) is 23.6 Å². The first-order valence-corrected chi connectivity index (χ1v) is 9.68. The Labute approximate surface area is 158 Å². The molecule has 0 bridgehead atoms. The lowest BCUT2D eigenvalue weighted by Crippen LogP contribution is -2.30. The van der Waals surface area contributed by atoms with Crippen LogP contribution in [0.4, 0.5) is 5.13 Å². The Bertz CT molecular complexity index is 806. The number of fused-ring (bicyclic) bond motifs is 1. The lowest BCUT2D eigenvalue weighted by Gasteiger charge is -2.26. The number of ether oxygens (including phenoxy) is 1. The van der Waals surface area contributed by atoms with E-state index in [4.69, 9.17) is 4.74 Å². The average Bonchev–Trinajstić information content (AvgIpc) is 3.02. The van der Waals surface area contributed by atoms with E-state index in [2.05, 4.69) is 31.5 Å². The standard InChI is InChI=1S/C17H18BrN3O3S/c1-9(18)16(23)21-17-20-14(8-25-17)11-3-4-15-12(7-11)13(5-6-24-15)19-10(2)22/h3-4,7-9,13H,5-6H2,1-2H3,(H,19,22)(H,20,21,23). The first-order valence-electron chi connectivity index (χ1n) is 7.88. The number of nitrogens with one attached hydrogen (secondary N) is 2. The highest BCUT2D eigenvalue weighted by atomic mass is 79.9. The lowest BCUT2D eigenvalue weighted by atomic mass is 9.97. The highest BCUT2D eigenvalue weighted by Crippen LogP contribution is 2.36. The fourth-order valence-electron chi connectivity index (χ4n) is 2.62. The van der Waals surface area contributed by atoms with E-state index in [1.54, 1.807) is 6.92 Å². The van der Waals surface area contributed by atoms with E-state index < -0.39 is 0 Å². The molecule has 8 heteroatoms. The molecule has 0 spiro atoms. The summed E-state index contributed by atoms with van der Waals surface area (Å²) in [5.41, 5.74) is 2.65.